The molecule has 0 aromatic rings. The van der Waals surface area contributed by atoms with Crippen LogP contribution in [0.25, 0.3) is 0 Å². The van der Waals surface area contributed by atoms with Gasteiger partial charge in [-0.2, -0.15) is 0 Å². The number of hydrogen-bond donors (Lipinski definition) is 1. The number of rotatable bonds is 0. The van der Waals surface area contributed by atoms with E-state index in [9.17, 15) is 9.90 Å². The van der Waals surface area contributed by atoms with Gasteiger partial charge in [-0.05, 0) is 20.8 Å². The van der Waals surface area contributed by atoms with E-state index in [4.69, 9.17) is 9.47 Å². The minimum Gasteiger partial charge on any atom is -0.444 e. The summed E-state index contributed by atoms with van der Waals surface area (Å²) in [6, 6.07) is -0.0233. The third-order valence-electron chi connectivity index (χ3n) is 3.00. The molecule has 2 heterocycles. The van der Waals surface area contributed by atoms with Crippen LogP contribution in [0.2, 0.25) is 0 Å². The van der Waals surface area contributed by atoms with Crippen molar-refractivity contribution in [2.75, 3.05) is 19.8 Å². The van der Waals surface area contributed by atoms with E-state index in [-0.39, 0.29) is 18.1 Å². The van der Waals surface area contributed by atoms with Crippen LogP contribution in [0.4, 0.5) is 4.79 Å². The smallest absolute Gasteiger partial charge is 0.410 e. The number of aliphatic hydroxyl groups excluding tert-OH is 1. The van der Waals surface area contributed by atoms with Crippen molar-refractivity contribution in [3.05, 3.63) is 0 Å². The van der Waals surface area contributed by atoms with Gasteiger partial charge in [-0.25, -0.2) is 4.79 Å². The first kappa shape index (κ1) is 11.7. The molecule has 0 aromatic carbocycles. The molecule has 2 fully saturated rings. The van der Waals surface area contributed by atoms with Gasteiger partial charge in [-0.1, -0.05) is 0 Å². The molecule has 3 atom stereocenters. The Balaban J connectivity index is 2.02. The summed E-state index contributed by atoms with van der Waals surface area (Å²) in [4.78, 5) is 13.5. The zero-order valence-electron chi connectivity index (χ0n) is 9.97. The predicted molar refractivity (Wildman–Crippen MR) is 57.0 cm³/mol. The van der Waals surface area contributed by atoms with Crippen molar-refractivity contribution in [1.29, 1.82) is 0 Å². The summed E-state index contributed by atoms with van der Waals surface area (Å²) in [5.41, 5.74) is -0.500. The minimum absolute atomic E-state index is 0.0233. The molecule has 1 N–H and O–H groups in total. The van der Waals surface area contributed by atoms with Crippen LogP contribution in [0.15, 0.2) is 0 Å². The van der Waals surface area contributed by atoms with E-state index in [2.05, 4.69) is 0 Å². The van der Waals surface area contributed by atoms with E-state index in [1.165, 1.54) is 0 Å². The van der Waals surface area contributed by atoms with Gasteiger partial charge in [0, 0.05) is 5.92 Å². The largest absolute Gasteiger partial charge is 0.444 e. The summed E-state index contributed by atoms with van der Waals surface area (Å²) < 4.78 is 10.6. The normalized spacial score (nSPS) is 34.0. The molecule has 0 aromatic heterocycles. The van der Waals surface area contributed by atoms with Gasteiger partial charge in [-0.3, -0.25) is 4.90 Å². The van der Waals surface area contributed by atoms with E-state index >= 15 is 0 Å². The number of carbonyl (C=O) groups is 1. The maximum Gasteiger partial charge on any atom is 0.410 e. The van der Waals surface area contributed by atoms with Gasteiger partial charge in [0.15, 0.2) is 0 Å². The maximum atomic E-state index is 11.9. The monoisotopic (exact) mass is 229 g/mol. The topological polar surface area (TPSA) is 59.0 Å². The average Bonchev–Trinajstić information content (AvgIpc) is 2.66. The summed E-state index contributed by atoms with van der Waals surface area (Å²) in [6.07, 6.45) is -0.843. The molecule has 0 spiro atoms. The number of β-amino-alcohol motifs (C(OH)–C–C–N with tert-alkyl or cyclic N) is 1. The number of fused-ring (bicyclic) bond motifs is 1. The van der Waals surface area contributed by atoms with Gasteiger partial charge in [-0.15, -0.1) is 0 Å². The van der Waals surface area contributed by atoms with Crippen molar-refractivity contribution in [3.8, 4) is 0 Å². The quantitative estimate of drug-likeness (QED) is 0.661. The van der Waals surface area contributed by atoms with Gasteiger partial charge in [0.25, 0.3) is 0 Å². The van der Waals surface area contributed by atoms with Gasteiger partial charge in [0.2, 0.25) is 0 Å². The van der Waals surface area contributed by atoms with Crippen LogP contribution in [0, 0.1) is 5.92 Å². The molecule has 16 heavy (non-hydrogen) atoms. The first-order valence-electron chi connectivity index (χ1n) is 5.64. The predicted octanol–water partition coefficient (Wildman–Crippen LogP) is 0.613. The second-order valence-electron chi connectivity index (χ2n) is 5.47. The van der Waals surface area contributed by atoms with Gasteiger partial charge in [0.05, 0.1) is 31.9 Å². The molecule has 0 unspecified atom stereocenters. The first-order valence-corrected chi connectivity index (χ1v) is 5.64. The number of ether oxygens (including phenoxy) is 2. The van der Waals surface area contributed by atoms with Gasteiger partial charge < -0.3 is 14.6 Å². The Bertz CT molecular complexity index is 286. The third-order valence-corrected chi connectivity index (χ3v) is 3.00. The molecule has 0 radical (unpaired) electrons. The molecule has 2 rings (SSSR count). The Morgan fingerprint density at radius 2 is 2.12 bits per heavy atom. The number of carbonyl (C=O) groups excluding carboxylic acids is 1. The fraction of sp³-hybridized carbons (Fsp3) is 0.909. The van der Waals surface area contributed by atoms with E-state index in [1.807, 2.05) is 20.8 Å². The summed E-state index contributed by atoms with van der Waals surface area (Å²) in [6.45, 7) is 6.89. The summed E-state index contributed by atoms with van der Waals surface area (Å²) >= 11 is 0. The van der Waals surface area contributed by atoms with Crippen LogP contribution in [0.1, 0.15) is 20.8 Å². The lowest BCUT2D eigenvalue weighted by molar-refractivity contribution is 0.0162. The Kier molecular flexibility index (Phi) is 2.84. The van der Waals surface area contributed by atoms with Crippen LogP contribution in [0.5, 0.6) is 0 Å². The number of amides is 1. The lowest BCUT2D eigenvalue weighted by Gasteiger charge is -2.27. The molecule has 2 saturated heterocycles. The minimum atomic E-state index is -0.500. The molecule has 0 aliphatic carbocycles. The molecule has 5 heteroatoms. The highest BCUT2D eigenvalue weighted by Crippen LogP contribution is 2.31. The third kappa shape index (κ3) is 2.15. The second-order valence-corrected chi connectivity index (χ2v) is 5.47. The van der Waals surface area contributed by atoms with Crippen LogP contribution < -0.4 is 0 Å². The zero-order chi connectivity index (χ0) is 11.9. The molecule has 92 valence electrons. The first-order chi connectivity index (χ1) is 7.38. The van der Waals surface area contributed by atoms with Crippen molar-refractivity contribution in [3.63, 3.8) is 0 Å². The summed E-state index contributed by atoms with van der Waals surface area (Å²) in [7, 11) is 0. The molecular weight excluding hydrogens is 210 g/mol. The SMILES string of the molecule is CC(C)(C)OC(=O)N1C[C@H](O)[C@H]2COC[C@H]21. The van der Waals surface area contributed by atoms with E-state index < -0.39 is 11.7 Å². The van der Waals surface area contributed by atoms with Crippen molar-refractivity contribution >= 4 is 6.09 Å². The lowest BCUT2D eigenvalue weighted by atomic mass is 10.0. The Morgan fingerprint density at radius 1 is 1.44 bits per heavy atom. The van der Waals surface area contributed by atoms with Crippen LogP contribution in [-0.2, 0) is 9.47 Å². The van der Waals surface area contributed by atoms with Crippen molar-refractivity contribution in [1.82, 2.24) is 4.90 Å². The number of aliphatic hydroxyl groups is 1. The maximum absolute atomic E-state index is 11.9. The summed E-state index contributed by atoms with van der Waals surface area (Å²) in [5.74, 6) is 0.0486. The molecule has 2 aliphatic heterocycles. The van der Waals surface area contributed by atoms with E-state index in [0.717, 1.165) is 0 Å². The molecule has 1 amide bonds. The Morgan fingerprint density at radius 3 is 2.75 bits per heavy atom. The number of nitrogens with zero attached hydrogens (tertiary/aromatic N) is 1. The van der Waals surface area contributed by atoms with Crippen LogP contribution >= 0.6 is 0 Å². The van der Waals surface area contributed by atoms with Gasteiger partial charge >= 0.3 is 6.09 Å². The fourth-order valence-corrected chi connectivity index (χ4v) is 2.25. The lowest BCUT2D eigenvalue weighted by Crippen LogP contribution is -2.41. The molecule has 0 saturated carbocycles. The highest BCUT2D eigenvalue weighted by molar-refractivity contribution is 5.69. The molecule has 0 bridgehead atoms. The van der Waals surface area contributed by atoms with E-state index in [0.29, 0.717) is 19.8 Å². The molecular formula is C11H19NO4. The Labute approximate surface area is 95.3 Å². The Hall–Kier alpha value is -0.810. The highest BCUT2D eigenvalue weighted by atomic mass is 16.6. The van der Waals surface area contributed by atoms with E-state index in [1.54, 1.807) is 4.90 Å². The van der Waals surface area contributed by atoms with Crippen molar-refractivity contribution in [2.45, 2.75) is 38.5 Å². The van der Waals surface area contributed by atoms with Gasteiger partial charge in [0.1, 0.15) is 5.60 Å². The average molecular weight is 229 g/mol. The second kappa shape index (κ2) is 3.89. The standard InChI is InChI=1S/C11H19NO4/c1-11(2,3)16-10(14)12-4-9(13)7-5-15-6-8(7)12/h7-9,13H,4-6H2,1-3H3/t7-,8+,9-/m0/s1. The van der Waals surface area contributed by atoms with Crippen LogP contribution in [0.3, 0.4) is 0 Å². The van der Waals surface area contributed by atoms with Crippen LogP contribution in [-0.4, -0.2) is 53.6 Å². The highest BCUT2D eigenvalue weighted by Gasteiger charge is 2.47. The molecule has 5 nitrogen and oxygen atoms in total. The zero-order valence-corrected chi connectivity index (χ0v) is 9.97. The number of likely N-dealkylation sites (tertiary alicyclic amines) is 1. The van der Waals surface area contributed by atoms with Crippen molar-refractivity contribution < 1.29 is 19.4 Å². The molecule has 2 aliphatic rings. The summed E-state index contributed by atoms with van der Waals surface area (Å²) in [5, 5.41) is 9.79. The van der Waals surface area contributed by atoms with Crippen molar-refractivity contribution in [2.24, 2.45) is 5.92 Å². The number of hydrogen-bond acceptors (Lipinski definition) is 4. The fourth-order valence-electron chi connectivity index (χ4n) is 2.25.